The third-order valence-electron chi connectivity index (χ3n) is 2.84. The van der Waals surface area contributed by atoms with E-state index in [1.54, 1.807) is 36.4 Å². The van der Waals surface area contributed by atoms with Crippen molar-refractivity contribution in [3.8, 4) is 0 Å². The Bertz CT molecular complexity index is 576. The lowest BCUT2D eigenvalue weighted by Gasteiger charge is -2.13. The lowest BCUT2D eigenvalue weighted by atomic mass is 10.1. The van der Waals surface area contributed by atoms with Crippen molar-refractivity contribution in [1.29, 1.82) is 0 Å². The largest absolute Gasteiger partial charge is 0.270 e. The molecule has 3 nitrogen and oxygen atoms in total. The summed E-state index contributed by atoms with van der Waals surface area (Å²) >= 11 is 0. The third-order valence-corrected chi connectivity index (χ3v) is 2.84. The monoisotopic (exact) mass is 253 g/mol. The summed E-state index contributed by atoms with van der Waals surface area (Å²) in [7, 11) is 0. The smallest absolute Gasteiger partial charge is 0.261 e. The van der Waals surface area contributed by atoms with E-state index in [1.165, 1.54) is 4.90 Å². The van der Waals surface area contributed by atoms with Crippen LogP contribution in [0.2, 0.25) is 0 Å². The molecule has 0 aromatic heterocycles. The van der Waals surface area contributed by atoms with Crippen molar-refractivity contribution in [3.63, 3.8) is 0 Å². The highest BCUT2D eigenvalue weighted by atomic mass is 16.2. The lowest BCUT2D eigenvalue weighted by molar-refractivity contribution is 0.0669. The van der Waals surface area contributed by atoms with Gasteiger partial charge in [0.25, 0.3) is 11.8 Å². The van der Waals surface area contributed by atoms with Crippen molar-refractivity contribution in [2.75, 3.05) is 6.54 Å². The Balaban J connectivity index is 2.17. The van der Waals surface area contributed by atoms with Crippen LogP contribution in [0, 0.1) is 0 Å². The summed E-state index contributed by atoms with van der Waals surface area (Å²) in [6.45, 7) is 9.66. The van der Waals surface area contributed by atoms with Gasteiger partial charge in [-0.25, -0.2) is 0 Å². The van der Waals surface area contributed by atoms with Gasteiger partial charge in [-0.15, -0.1) is 0 Å². The molecule has 1 aliphatic heterocycles. The average molecular weight is 253 g/mol. The van der Waals surface area contributed by atoms with E-state index in [9.17, 15) is 9.59 Å². The van der Waals surface area contributed by atoms with Crippen LogP contribution in [0.5, 0.6) is 0 Å². The number of amides is 2. The molecule has 0 unspecified atom stereocenters. The Hall–Kier alpha value is -2.42. The molecule has 2 rings (SSSR count). The minimum Gasteiger partial charge on any atom is -0.270 e. The number of hydrogen-bond acceptors (Lipinski definition) is 2. The Morgan fingerprint density at radius 2 is 1.63 bits per heavy atom. The fraction of sp³-hybridized carbons (Fsp3) is 0.125. The molecule has 0 radical (unpaired) electrons. The summed E-state index contributed by atoms with van der Waals surface area (Å²) in [5, 5.41) is 0. The van der Waals surface area contributed by atoms with Crippen LogP contribution in [-0.4, -0.2) is 23.3 Å². The van der Waals surface area contributed by atoms with Crippen molar-refractivity contribution < 1.29 is 9.59 Å². The van der Waals surface area contributed by atoms with Crippen molar-refractivity contribution in [2.24, 2.45) is 0 Å². The second-order valence-electron chi connectivity index (χ2n) is 4.58. The quantitative estimate of drug-likeness (QED) is 0.611. The first-order valence-corrected chi connectivity index (χ1v) is 5.97. The minimum absolute atomic E-state index is 0.204. The van der Waals surface area contributed by atoms with Gasteiger partial charge in [-0.2, -0.15) is 0 Å². The van der Waals surface area contributed by atoms with E-state index in [2.05, 4.69) is 13.2 Å². The molecule has 2 amide bonds. The van der Waals surface area contributed by atoms with Crippen LogP contribution in [-0.2, 0) is 0 Å². The standard InChI is InChI=1S/C16H15NO2/c1-11(2)8-9-12(3)10-17-15(18)13-6-4-5-7-14(13)16(17)19/h4-9H,1,3,10H2,2H3/b9-8-. The lowest BCUT2D eigenvalue weighted by Crippen LogP contribution is -2.31. The van der Waals surface area contributed by atoms with Gasteiger partial charge in [-0.3, -0.25) is 14.5 Å². The van der Waals surface area contributed by atoms with E-state index in [0.29, 0.717) is 16.7 Å². The molecule has 3 heteroatoms. The molecule has 19 heavy (non-hydrogen) atoms. The SMILES string of the molecule is C=C(C)/C=C\C(=C)CN1C(=O)c2ccccc2C1=O. The molecule has 1 aromatic rings. The second kappa shape index (κ2) is 5.06. The van der Waals surface area contributed by atoms with Crippen LogP contribution in [0.15, 0.2) is 60.7 Å². The molecule has 1 heterocycles. The molecular weight excluding hydrogens is 238 g/mol. The van der Waals surface area contributed by atoms with Crippen LogP contribution in [0.1, 0.15) is 27.6 Å². The van der Waals surface area contributed by atoms with Crippen LogP contribution in [0.4, 0.5) is 0 Å². The second-order valence-corrected chi connectivity index (χ2v) is 4.58. The van der Waals surface area contributed by atoms with E-state index < -0.39 is 0 Å². The summed E-state index contributed by atoms with van der Waals surface area (Å²) < 4.78 is 0. The number of hydrogen-bond donors (Lipinski definition) is 0. The topological polar surface area (TPSA) is 37.4 Å². The molecule has 0 aliphatic carbocycles. The first-order chi connectivity index (χ1) is 9.00. The summed E-state index contributed by atoms with van der Waals surface area (Å²) in [5.74, 6) is -0.518. The number of fused-ring (bicyclic) bond motifs is 1. The third kappa shape index (κ3) is 2.55. The van der Waals surface area contributed by atoms with E-state index in [1.807, 2.05) is 6.92 Å². The molecule has 1 aliphatic rings. The number of benzene rings is 1. The highest BCUT2D eigenvalue weighted by Gasteiger charge is 2.34. The zero-order valence-corrected chi connectivity index (χ0v) is 10.8. The Morgan fingerprint density at radius 3 is 2.11 bits per heavy atom. The van der Waals surface area contributed by atoms with Crippen LogP contribution >= 0.6 is 0 Å². The summed E-state index contributed by atoms with van der Waals surface area (Å²) in [6, 6.07) is 6.84. The first-order valence-electron chi connectivity index (χ1n) is 5.97. The maximum Gasteiger partial charge on any atom is 0.261 e. The molecule has 0 saturated carbocycles. The predicted molar refractivity (Wildman–Crippen MR) is 74.9 cm³/mol. The van der Waals surface area contributed by atoms with Gasteiger partial charge in [0.1, 0.15) is 0 Å². The van der Waals surface area contributed by atoms with Gasteiger partial charge in [0, 0.05) is 0 Å². The van der Waals surface area contributed by atoms with Crippen molar-refractivity contribution in [1.82, 2.24) is 4.90 Å². The molecule has 0 atom stereocenters. The fourth-order valence-electron chi connectivity index (χ4n) is 1.90. The van der Waals surface area contributed by atoms with Crippen LogP contribution in [0.25, 0.3) is 0 Å². The number of carbonyl (C=O) groups is 2. The molecule has 0 bridgehead atoms. The summed E-state index contributed by atoms with van der Waals surface area (Å²) in [5.41, 5.74) is 2.51. The van der Waals surface area contributed by atoms with Gasteiger partial charge in [-0.1, -0.05) is 43.0 Å². The summed E-state index contributed by atoms with van der Waals surface area (Å²) in [4.78, 5) is 25.4. The van der Waals surface area contributed by atoms with Gasteiger partial charge < -0.3 is 0 Å². The Morgan fingerprint density at radius 1 is 1.11 bits per heavy atom. The van der Waals surface area contributed by atoms with Crippen LogP contribution in [0.3, 0.4) is 0 Å². The first kappa shape index (κ1) is 13.0. The number of rotatable bonds is 4. The Labute approximate surface area is 112 Å². The van der Waals surface area contributed by atoms with Gasteiger partial charge in [0.05, 0.1) is 17.7 Å². The van der Waals surface area contributed by atoms with Crippen molar-refractivity contribution >= 4 is 11.8 Å². The van der Waals surface area contributed by atoms with Crippen molar-refractivity contribution in [3.05, 3.63) is 71.8 Å². The average Bonchev–Trinajstić information content (AvgIpc) is 2.62. The van der Waals surface area contributed by atoms with Gasteiger partial charge >= 0.3 is 0 Å². The number of carbonyl (C=O) groups excluding carboxylic acids is 2. The molecule has 0 N–H and O–H groups in total. The molecule has 0 saturated heterocycles. The molecule has 96 valence electrons. The predicted octanol–water partition coefficient (Wildman–Crippen LogP) is 2.97. The molecule has 1 aromatic carbocycles. The highest BCUT2D eigenvalue weighted by molar-refractivity contribution is 6.21. The zero-order valence-electron chi connectivity index (χ0n) is 10.8. The number of imide groups is 1. The van der Waals surface area contributed by atoms with E-state index in [4.69, 9.17) is 0 Å². The highest BCUT2D eigenvalue weighted by Crippen LogP contribution is 2.23. The van der Waals surface area contributed by atoms with E-state index in [0.717, 1.165) is 5.57 Å². The summed E-state index contributed by atoms with van der Waals surface area (Å²) in [6.07, 6.45) is 3.58. The Kier molecular flexibility index (Phi) is 3.47. The molecule has 0 spiro atoms. The number of nitrogens with zero attached hydrogens (tertiary/aromatic N) is 1. The zero-order chi connectivity index (χ0) is 14.0. The normalized spacial score (nSPS) is 14.1. The van der Waals surface area contributed by atoms with Crippen molar-refractivity contribution in [2.45, 2.75) is 6.92 Å². The van der Waals surface area contributed by atoms with Gasteiger partial charge in [0.2, 0.25) is 0 Å². The number of allylic oxidation sites excluding steroid dienone is 2. The minimum atomic E-state index is -0.259. The van der Waals surface area contributed by atoms with Gasteiger partial charge in [0.15, 0.2) is 0 Å². The maximum atomic E-state index is 12.1. The maximum absolute atomic E-state index is 12.1. The van der Waals surface area contributed by atoms with Gasteiger partial charge in [-0.05, 0) is 24.6 Å². The molecule has 0 fully saturated rings. The molecular formula is C16H15NO2. The van der Waals surface area contributed by atoms with E-state index in [-0.39, 0.29) is 18.4 Å². The fourth-order valence-corrected chi connectivity index (χ4v) is 1.90. The van der Waals surface area contributed by atoms with Crippen LogP contribution < -0.4 is 0 Å². The van der Waals surface area contributed by atoms with E-state index >= 15 is 0 Å².